The van der Waals surface area contributed by atoms with Gasteiger partial charge in [-0.15, -0.1) is 0 Å². The zero-order valence-corrected chi connectivity index (χ0v) is 5.18. The summed E-state index contributed by atoms with van der Waals surface area (Å²) < 4.78 is -2.38. The van der Waals surface area contributed by atoms with Crippen LogP contribution in [-0.2, 0) is 0 Å². The molecule has 0 fully saturated rings. The standard InChI is InChI=1S/2CHO2.Tb/c2*2-1-3;/h2*(H,2,3);. The van der Waals surface area contributed by atoms with Gasteiger partial charge in [0.25, 0.3) is 0 Å². The molecule has 4 nitrogen and oxygen atoms in total. The second-order valence-corrected chi connectivity index (χ2v) is 2.92. The van der Waals surface area contributed by atoms with Gasteiger partial charge in [-0.1, -0.05) is 0 Å². The van der Waals surface area contributed by atoms with Crippen molar-refractivity contribution in [1.82, 2.24) is 0 Å². The molecule has 0 aliphatic carbocycles. The van der Waals surface area contributed by atoms with Crippen LogP contribution in [0.15, 0.2) is 0 Å². The van der Waals surface area contributed by atoms with Gasteiger partial charge in [-0.3, -0.25) is 0 Å². The molecule has 0 bridgehead atoms. The fourth-order valence-electron chi connectivity index (χ4n) is 0.0610. The maximum atomic E-state index is 9.48. The average Bonchev–Trinajstić information content (AvgIpc) is 1.27. The van der Waals surface area contributed by atoms with E-state index in [0.29, 0.717) is 0 Å². The summed E-state index contributed by atoms with van der Waals surface area (Å²) >= 11 is -1.78. The molecule has 0 rings (SSSR count). The van der Waals surface area contributed by atoms with Crippen LogP contribution in [0, 0.1) is 34.6 Å². The molecule has 0 saturated carbocycles. The van der Waals surface area contributed by atoms with Crippen molar-refractivity contribution >= 4 is 3.88 Å². The normalized spacial score (nSPS) is 8.57. The van der Waals surface area contributed by atoms with E-state index in [9.17, 15) is 9.59 Å². The SMILES string of the molecule is O=[C](O)[Tb][C](=O)O. The predicted molar refractivity (Wildman–Crippen MR) is 16.0 cm³/mol. The van der Waals surface area contributed by atoms with Crippen molar-refractivity contribution < 1.29 is 54.4 Å². The molecule has 7 heavy (non-hydrogen) atoms. The first kappa shape index (κ1) is 7.23. The minimum atomic E-state index is -1.78. The zero-order valence-electron chi connectivity index (χ0n) is 3.04. The molecule has 0 saturated heterocycles. The fourth-order valence-corrected chi connectivity index (χ4v) is 0.452. The molecular formula is C2H2O4Tb. The van der Waals surface area contributed by atoms with Gasteiger partial charge >= 0.3 is 58.3 Å². The number of rotatable bonds is 2. The summed E-state index contributed by atoms with van der Waals surface area (Å²) in [5.74, 6) is 0. The number of hydrogen-bond acceptors (Lipinski definition) is 2. The summed E-state index contributed by atoms with van der Waals surface area (Å²) in [5, 5.41) is 15.5. The van der Waals surface area contributed by atoms with Crippen LogP contribution in [-0.4, -0.2) is 14.1 Å². The van der Waals surface area contributed by atoms with Gasteiger partial charge in [-0.2, -0.15) is 0 Å². The Morgan fingerprint density at radius 3 is 1.43 bits per heavy atom. The summed E-state index contributed by atoms with van der Waals surface area (Å²) in [7, 11) is 0. The van der Waals surface area contributed by atoms with E-state index in [-0.39, 0.29) is 0 Å². The van der Waals surface area contributed by atoms with Crippen molar-refractivity contribution in [1.29, 1.82) is 0 Å². The molecule has 2 N–H and O–H groups in total. The quantitative estimate of drug-likeness (QED) is 0.743. The van der Waals surface area contributed by atoms with Gasteiger partial charge in [-0.05, 0) is 0 Å². The first-order valence-electron chi connectivity index (χ1n) is 1.19. The van der Waals surface area contributed by atoms with E-state index in [0.717, 1.165) is 0 Å². The predicted octanol–water partition coefficient (Wildman–Crippen LogP) is 0.427. The minimum absolute atomic E-state index is 1.19. The van der Waals surface area contributed by atoms with Crippen molar-refractivity contribution in [2.75, 3.05) is 0 Å². The second kappa shape index (κ2) is 3.26. The molecule has 0 aliphatic heterocycles. The van der Waals surface area contributed by atoms with Crippen LogP contribution in [0.3, 0.4) is 0 Å². The van der Waals surface area contributed by atoms with E-state index < -0.39 is 38.5 Å². The maximum absolute atomic E-state index is 9.48. The molecule has 0 atom stereocenters. The van der Waals surface area contributed by atoms with Gasteiger partial charge in [0.05, 0.1) is 0 Å². The van der Waals surface area contributed by atoms with E-state index in [1.165, 1.54) is 0 Å². The summed E-state index contributed by atoms with van der Waals surface area (Å²) in [6, 6.07) is 0. The van der Waals surface area contributed by atoms with Crippen LogP contribution in [0.5, 0.6) is 0 Å². The molecule has 43 valence electrons. The van der Waals surface area contributed by atoms with Crippen LogP contribution < -0.4 is 0 Å². The molecule has 0 unspecified atom stereocenters. The van der Waals surface area contributed by atoms with Crippen molar-refractivity contribution in [2.24, 2.45) is 0 Å². The van der Waals surface area contributed by atoms with Crippen LogP contribution in [0.1, 0.15) is 0 Å². The van der Waals surface area contributed by atoms with Crippen LogP contribution in [0.4, 0.5) is 9.59 Å². The number of carboxylic acid groups (broad SMARTS) is 2. The topological polar surface area (TPSA) is 74.6 Å². The van der Waals surface area contributed by atoms with Crippen LogP contribution >= 0.6 is 0 Å². The van der Waals surface area contributed by atoms with E-state index in [4.69, 9.17) is 10.2 Å². The van der Waals surface area contributed by atoms with E-state index in [1.54, 1.807) is 0 Å². The van der Waals surface area contributed by atoms with Crippen LogP contribution in [0.25, 0.3) is 0 Å². The Bertz CT molecular complexity index is 85.9. The Labute approximate surface area is 57.9 Å². The van der Waals surface area contributed by atoms with Crippen molar-refractivity contribution in [3.05, 3.63) is 0 Å². The number of carbonyl (C=O) groups is 2. The van der Waals surface area contributed by atoms with Gasteiger partial charge in [0.2, 0.25) is 0 Å². The second-order valence-electron chi connectivity index (χ2n) is 0.551. The monoisotopic (exact) mass is 249 g/mol. The zero-order chi connectivity index (χ0) is 5.86. The van der Waals surface area contributed by atoms with Crippen molar-refractivity contribution in [3.63, 3.8) is 0 Å². The molecule has 0 aromatic rings. The molecule has 0 aliphatic rings. The summed E-state index contributed by atoms with van der Waals surface area (Å²) in [6.07, 6.45) is 0. The Morgan fingerprint density at radius 2 is 1.43 bits per heavy atom. The number of hydrogen-bond donors (Lipinski definition) is 2. The van der Waals surface area contributed by atoms with E-state index in [2.05, 4.69) is 0 Å². The van der Waals surface area contributed by atoms with E-state index >= 15 is 0 Å². The summed E-state index contributed by atoms with van der Waals surface area (Å²) in [4.78, 5) is 19.0. The fraction of sp³-hybridized carbons (Fsp3) is 0. The summed E-state index contributed by atoms with van der Waals surface area (Å²) in [5.41, 5.74) is 0. The van der Waals surface area contributed by atoms with Gasteiger partial charge in [0.15, 0.2) is 0 Å². The van der Waals surface area contributed by atoms with Gasteiger partial charge in [-0.25, -0.2) is 0 Å². The van der Waals surface area contributed by atoms with Crippen molar-refractivity contribution in [2.45, 2.75) is 0 Å². The Balaban J connectivity index is 3.32. The molecule has 0 aromatic heterocycles. The Morgan fingerprint density at radius 1 is 1.14 bits per heavy atom. The third-order valence-electron chi connectivity index (χ3n) is 0.143. The van der Waals surface area contributed by atoms with E-state index in [1.807, 2.05) is 0 Å². The third kappa shape index (κ3) is 6.23. The Hall–Kier alpha value is 0.226. The Kier molecular flexibility index (Phi) is 3.36. The van der Waals surface area contributed by atoms with Crippen molar-refractivity contribution in [3.8, 4) is 0 Å². The average molecular weight is 249 g/mol. The van der Waals surface area contributed by atoms with Gasteiger partial charge in [0, 0.05) is 0 Å². The molecule has 0 amide bonds. The molecule has 0 spiro atoms. The summed E-state index contributed by atoms with van der Waals surface area (Å²) in [6.45, 7) is 0. The molecule has 0 aromatic carbocycles. The first-order valence-corrected chi connectivity index (χ1v) is 3.33. The van der Waals surface area contributed by atoms with Gasteiger partial charge in [0.1, 0.15) is 0 Å². The molecule has 0 heterocycles. The molecular weight excluding hydrogens is 247 g/mol. The van der Waals surface area contributed by atoms with Gasteiger partial charge < -0.3 is 0 Å². The first-order chi connectivity index (χ1) is 3.13. The third-order valence-corrected chi connectivity index (χ3v) is 1.06. The van der Waals surface area contributed by atoms with Crippen LogP contribution in [0.2, 0.25) is 0 Å². The molecule has 5 heteroatoms. The molecule has 0 radical (unpaired) electrons.